The summed E-state index contributed by atoms with van der Waals surface area (Å²) < 4.78 is 6.47. The van der Waals surface area contributed by atoms with Crippen LogP contribution >= 0.6 is 0 Å². The van der Waals surface area contributed by atoms with Gasteiger partial charge in [0.2, 0.25) is 0 Å². The van der Waals surface area contributed by atoms with Crippen LogP contribution in [-0.4, -0.2) is 24.8 Å². The summed E-state index contributed by atoms with van der Waals surface area (Å²) in [7, 11) is 0. The average Bonchev–Trinajstić information content (AvgIpc) is 3.28. The molecule has 20 heavy (non-hydrogen) atoms. The molecule has 3 aliphatic rings. The standard InChI is InChI=1S/C18H33NO/c1-17(2,3)15-8-10-18(11-9-15,13-19-16-6-7-16)20-12-14-4-5-14/h14-16,19H,4-13H2,1-3H3. The van der Waals surface area contributed by atoms with E-state index in [-0.39, 0.29) is 5.60 Å². The highest BCUT2D eigenvalue weighted by atomic mass is 16.5. The summed E-state index contributed by atoms with van der Waals surface area (Å²) in [5, 5.41) is 3.74. The molecule has 0 aromatic carbocycles. The molecular formula is C18H33NO. The predicted molar refractivity (Wildman–Crippen MR) is 83.8 cm³/mol. The van der Waals surface area contributed by atoms with Crippen molar-refractivity contribution in [3.05, 3.63) is 0 Å². The minimum absolute atomic E-state index is 0.160. The van der Waals surface area contributed by atoms with Crippen molar-refractivity contribution in [1.82, 2.24) is 5.32 Å². The maximum Gasteiger partial charge on any atom is 0.0806 e. The molecular weight excluding hydrogens is 246 g/mol. The lowest BCUT2D eigenvalue weighted by Gasteiger charge is -2.44. The van der Waals surface area contributed by atoms with E-state index < -0.39 is 0 Å². The Labute approximate surface area is 125 Å². The maximum atomic E-state index is 6.47. The fourth-order valence-corrected chi connectivity index (χ4v) is 3.58. The van der Waals surface area contributed by atoms with Gasteiger partial charge in [-0.2, -0.15) is 0 Å². The normalized spacial score (nSPS) is 35.2. The molecule has 0 atom stereocenters. The molecule has 0 amide bonds. The third-order valence-electron chi connectivity index (χ3n) is 5.73. The van der Waals surface area contributed by atoms with Crippen molar-refractivity contribution in [2.75, 3.05) is 13.2 Å². The van der Waals surface area contributed by atoms with Gasteiger partial charge in [0.1, 0.15) is 0 Å². The van der Waals surface area contributed by atoms with E-state index in [1.54, 1.807) is 0 Å². The SMILES string of the molecule is CC(C)(C)C1CCC(CNC2CC2)(OCC2CC2)CC1. The zero-order valence-corrected chi connectivity index (χ0v) is 13.7. The van der Waals surface area contributed by atoms with Crippen molar-refractivity contribution in [3.63, 3.8) is 0 Å². The lowest BCUT2D eigenvalue weighted by atomic mass is 9.68. The van der Waals surface area contributed by atoms with E-state index in [0.717, 1.165) is 31.0 Å². The Hall–Kier alpha value is -0.0800. The molecule has 3 aliphatic carbocycles. The first-order valence-corrected chi connectivity index (χ1v) is 8.84. The summed E-state index contributed by atoms with van der Waals surface area (Å²) in [6, 6.07) is 0.803. The Bertz CT molecular complexity index is 299. The molecule has 0 unspecified atom stereocenters. The molecule has 116 valence electrons. The van der Waals surface area contributed by atoms with Crippen LogP contribution in [0.15, 0.2) is 0 Å². The summed E-state index contributed by atoms with van der Waals surface area (Å²) in [4.78, 5) is 0. The molecule has 0 aromatic heterocycles. The predicted octanol–water partition coefficient (Wildman–Crippen LogP) is 4.14. The molecule has 0 radical (unpaired) electrons. The third-order valence-corrected chi connectivity index (χ3v) is 5.73. The molecule has 0 aliphatic heterocycles. The van der Waals surface area contributed by atoms with E-state index in [0.29, 0.717) is 5.41 Å². The van der Waals surface area contributed by atoms with Crippen LogP contribution in [0.5, 0.6) is 0 Å². The second-order valence-electron chi connectivity index (χ2n) is 8.73. The molecule has 0 heterocycles. The molecule has 3 rings (SSSR count). The van der Waals surface area contributed by atoms with Crippen molar-refractivity contribution in [2.45, 2.75) is 83.8 Å². The average molecular weight is 279 g/mol. The Morgan fingerprint density at radius 1 is 1.00 bits per heavy atom. The lowest BCUT2D eigenvalue weighted by Crippen LogP contribution is -2.48. The van der Waals surface area contributed by atoms with Crippen LogP contribution in [0.4, 0.5) is 0 Å². The van der Waals surface area contributed by atoms with Gasteiger partial charge >= 0.3 is 0 Å². The Balaban J connectivity index is 1.54. The van der Waals surface area contributed by atoms with Crippen molar-refractivity contribution >= 4 is 0 Å². The zero-order valence-electron chi connectivity index (χ0n) is 13.7. The number of nitrogens with one attached hydrogen (secondary N) is 1. The summed E-state index contributed by atoms with van der Waals surface area (Å²) in [6.45, 7) is 9.32. The number of hydrogen-bond acceptors (Lipinski definition) is 2. The van der Waals surface area contributed by atoms with Crippen LogP contribution in [0.25, 0.3) is 0 Å². The van der Waals surface area contributed by atoms with Gasteiger partial charge in [-0.15, -0.1) is 0 Å². The van der Waals surface area contributed by atoms with Crippen LogP contribution in [0.1, 0.15) is 72.1 Å². The summed E-state index contributed by atoms with van der Waals surface area (Å²) >= 11 is 0. The highest BCUT2D eigenvalue weighted by Gasteiger charge is 2.41. The largest absolute Gasteiger partial charge is 0.373 e. The molecule has 1 N–H and O–H groups in total. The van der Waals surface area contributed by atoms with Gasteiger partial charge < -0.3 is 10.1 Å². The van der Waals surface area contributed by atoms with E-state index in [4.69, 9.17) is 4.74 Å². The first kappa shape index (κ1) is 14.8. The molecule has 2 heteroatoms. The quantitative estimate of drug-likeness (QED) is 0.789. The van der Waals surface area contributed by atoms with Gasteiger partial charge in [-0.25, -0.2) is 0 Å². The smallest absolute Gasteiger partial charge is 0.0806 e. The van der Waals surface area contributed by atoms with Gasteiger partial charge in [0.15, 0.2) is 0 Å². The second kappa shape index (κ2) is 5.61. The minimum Gasteiger partial charge on any atom is -0.373 e. The highest BCUT2D eigenvalue weighted by Crippen LogP contribution is 2.44. The van der Waals surface area contributed by atoms with Gasteiger partial charge in [-0.05, 0) is 68.6 Å². The van der Waals surface area contributed by atoms with Crippen LogP contribution in [-0.2, 0) is 4.74 Å². The number of rotatable bonds is 6. The highest BCUT2D eigenvalue weighted by molar-refractivity contribution is 4.95. The fraction of sp³-hybridized carbons (Fsp3) is 1.00. The fourth-order valence-electron chi connectivity index (χ4n) is 3.58. The van der Waals surface area contributed by atoms with Crippen molar-refractivity contribution in [1.29, 1.82) is 0 Å². The van der Waals surface area contributed by atoms with Crippen molar-refractivity contribution in [2.24, 2.45) is 17.3 Å². The number of hydrogen-bond donors (Lipinski definition) is 1. The first-order chi connectivity index (χ1) is 9.47. The van der Waals surface area contributed by atoms with Crippen LogP contribution < -0.4 is 5.32 Å². The number of ether oxygens (including phenoxy) is 1. The van der Waals surface area contributed by atoms with Gasteiger partial charge in [-0.3, -0.25) is 0 Å². The Morgan fingerprint density at radius 3 is 2.15 bits per heavy atom. The van der Waals surface area contributed by atoms with Gasteiger partial charge in [0, 0.05) is 12.6 Å². The zero-order chi connectivity index (χ0) is 14.2. The summed E-state index contributed by atoms with van der Waals surface area (Å²) in [5.74, 6) is 1.76. The van der Waals surface area contributed by atoms with Crippen molar-refractivity contribution < 1.29 is 4.74 Å². The second-order valence-corrected chi connectivity index (χ2v) is 8.73. The van der Waals surface area contributed by atoms with Gasteiger partial charge in [0.05, 0.1) is 12.2 Å². The Kier molecular flexibility index (Phi) is 4.16. The molecule has 2 nitrogen and oxygen atoms in total. The molecule has 3 saturated carbocycles. The van der Waals surface area contributed by atoms with Crippen LogP contribution in [0, 0.1) is 17.3 Å². The van der Waals surface area contributed by atoms with E-state index >= 15 is 0 Å². The van der Waals surface area contributed by atoms with Crippen LogP contribution in [0.3, 0.4) is 0 Å². The Morgan fingerprint density at radius 2 is 1.65 bits per heavy atom. The molecule has 0 bridgehead atoms. The lowest BCUT2D eigenvalue weighted by molar-refractivity contribution is -0.0883. The van der Waals surface area contributed by atoms with Gasteiger partial charge in [0.25, 0.3) is 0 Å². The monoisotopic (exact) mass is 279 g/mol. The molecule has 0 saturated heterocycles. The third kappa shape index (κ3) is 3.98. The van der Waals surface area contributed by atoms with E-state index in [1.165, 1.54) is 51.4 Å². The van der Waals surface area contributed by atoms with E-state index in [9.17, 15) is 0 Å². The topological polar surface area (TPSA) is 21.3 Å². The molecule has 3 fully saturated rings. The first-order valence-electron chi connectivity index (χ1n) is 8.84. The van der Waals surface area contributed by atoms with Crippen LogP contribution in [0.2, 0.25) is 0 Å². The van der Waals surface area contributed by atoms with Gasteiger partial charge in [-0.1, -0.05) is 20.8 Å². The maximum absolute atomic E-state index is 6.47. The molecule has 0 spiro atoms. The minimum atomic E-state index is 0.160. The van der Waals surface area contributed by atoms with E-state index in [2.05, 4.69) is 26.1 Å². The summed E-state index contributed by atoms with van der Waals surface area (Å²) in [5.41, 5.74) is 0.625. The summed E-state index contributed by atoms with van der Waals surface area (Å²) in [6.07, 6.45) is 10.8. The molecule has 0 aromatic rings. The van der Waals surface area contributed by atoms with Crippen molar-refractivity contribution in [3.8, 4) is 0 Å². The van der Waals surface area contributed by atoms with E-state index in [1.807, 2.05) is 0 Å².